The van der Waals surface area contributed by atoms with Crippen LogP contribution in [0.3, 0.4) is 0 Å². The van der Waals surface area contributed by atoms with Gasteiger partial charge in [-0.05, 0) is 6.42 Å². The Morgan fingerprint density at radius 2 is 1.33 bits per heavy atom. The molecular formula is C14H27ClO3. The summed E-state index contributed by atoms with van der Waals surface area (Å²) in [7, 11) is 0. The van der Waals surface area contributed by atoms with Crippen LogP contribution in [0.15, 0.2) is 0 Å². The fourth-order valence-electron chi connectivity index (χ4n) is 1.83. The molecule has 108 valence electrons. The molecule has 0 spiro atoms. The van der Waals surface area contributed by atoms with Gasteiger partial charge in [-0.1, -0.05) is 76.3 Å². The number of halogens is 1. The summed E-state index contributed by atoms with van der Waals surface area (Å²) in [6.07, 6.45) is 12.0. The van der Waals surface area contributed by atoms with E-state index in [1.165, 1.54) is 51.4 Å². The van der Waals surface area contributed by atoms with Crippen LogP contribution in [0.1, 0.15) is 71.1 Å². The van der Waals surface area contributed by atoms with Crippen molar-refractivity contribution < 1.29 is 14.3 Å². The number of hydrogen-bond acceptors (Lipinski definition) is 3. The first-order valence-corrected chi connectivity index (χ1v) is 7.70. The highest BCUT2D eigenvalue weighted by Gasteiger charge is 2.01. The lowest BCUT2D eigenvalue weighted by atomic mass is 10.1. The number of carbonyl (C=O) groups is 1. The molecule has 0 N–H and O–H groups in total. The molecule has 0 aliphatic carbocycles. The van der Waals surface area contributed by atoms with E-state index in [0.717, 1.165) is 12.8 Å². The molecule has 4 heteroatoms. The summed E-state index contributed by atoms with van der Waals surface area (Å²) >= 11 is 5.22. The van der Waals surface area contributed by atoms with Gasteiger partial charge in [0.2, 0.25) is 0 Å². The lowest BCUT2D eigenvalue weighted by Gasteiger charge is -2.04. The van der Waals surface area contributed by atoms with Crippen LogP contribution in [0.5, 0.6) is 0 Å². The first kappa shape index (κ1) is 17.6. The fraction of sp³-hybridized carbons (Fsp3) is 0.929. The SMILES string of the molecule is CCCCCCCCCCCCOC(=O)OCCl. The molecule has 0 aliphatic heterocycles. The Kier molecular flexibility index (Phi) is 14.3. The minimum absolute atomic E-state index is 0.142. The molecule has 0 fully saturated rings. The Bertz CT molecular complexity index is 186. The maximum absolute atomic E-state index is 10.8. The van der Waals surface area contributed by atoms with E-state index >= 15 is 0 Å². The molecule has 0 aromatic heterocycles. The topological polar surface area (TPSA) is 35.5 Å². The van der Waals surface area contributed by atoms with Crippen molar-refractivity contribution in [1.82, 2.24) is 0 Å². The van der Waals surface area contributed by atoms with Gasteiger partial charge in [-0.2, -0.15) is 0 Å². The zero-order valence-corrected chi connectivity index (χ0v) is 12.3. The van der Waals surface area contributed by atoms with Crippen LogP contribution in [-0.4, -0.2) is 18.8 Å². The smallest absolute Gasteiger partial charge is 0.434 e. The summed E-state index contributed by atoms with van der Waals surface area (Å²) in [5.74, 6) is 0. The molecule has 0 amide bonds. The average molecular weight is 279 g/mol. The van der Waals surface area contributed by atoms with E-state index in [9.17, 15) is 4.79 Å². The highest BCUT2D eigenvalue weighted by Crippen LogP contribution is 2.10. The lowest BCUT2D eigenvalue weighted by Crippen LogP contribution is -2.07. The maximum atomic E-state index is 10.8. The highest BCUT2D eigenvalue weighted by molar-refractivity contribution is 6.17. The first-order chi connectivity index (χ1) is 8.81. The number of alkyl halides is 1. The zero-order valence-electron chi connectivity index (χ0n) is 11.6. The normalized spacial score (nSPS) is 10.3. The number of unbranched alkanes of at least 4 members (excludes halogenated alkanes) is 9. The van der Waals surface area contributed by atoms with Gasteiger partial charge < -0.3 is 9.47 Å². The Morgan fingerprint density at radius 1 is 0.833 bits per heavy atom. The van der Waals surface area contributed by atoms with Gasteiger partial charge >= 0.3 is 6.16 Å². The van der Waals surface area contributed by atoms with Crippen LogP contribution in [0.2, 0.25) is 0 Å². The van der Waals surface area contributed by atoms with E-state index in [-0.39, 0.29) is 6.07 Å². The van der Waals surface area contributed by atoms with Crippen molar-refractivity contribution in [2.75, 3.05) is 12.7 Å². The molecule has 0 atom stereocenters. The van der Waals surface area contributed by atoms with Gasteiger partial charge in [0.1, 0.15) is 0 Å². The van der Waals surface area contributed by atoms with E-state index < -0.39 is 6.16 Å². The van der Waals surface area contributed by atoms with Gasteiger partial charge in [0, 0.05) is 0 Å². The predicted molar refractivity (Wildman–Crippen MR) is 75.0 cm³/mol. The third-order valence-electron chi connectivity index (χ3n) is 2.89. The lowest BCUT2D eigenvalue weighted by molar-refractivity contribution is 0.0664. The molecule has 0 saturated carbocycles. The van der Waals surface area contributed by atoms with Gasteiger partial charge in [-0.25, -0.2) is 4.79 Å². The molecule has 0 bridgehead atoms. The van der Waals surface area contributed by atoms with Crippen molar-refractivity contribution in [2.45, 2.75) is 71.1 Å². The Hall–Kier alpha value is -0.440. The largest absolute Gasteiger partial charge is 0.509 e. The van der Waals surface area contributed by atoms with Crippen LogP contribution < -0.4 is 0 Å². The minimum atomic E-state index is -0.666. The number of hydrogen-bond donors (Lipinski definition) is 0. The van der Waals surface area contributed by atoms with Gasteiger partial charge in [-0.3, -0.25) is 0 Å². The van der Waals surface area contributed by atoms with E-state index in [1.54, 1.807) is 0 Å². The van der Waals surface area contributed by atoms with Gasteiger partial charge in [0.05, 0.1) is 6.61 Å². The zero-order chi connectivity index (χ0) is 13.5. The monoisotopic (exact) mass is 278 g/mol. The van der Waals surface area contributed by atoms with Crippen molar-refractivity contribution in [2.24, 2.45) is 0 Å². The first-order valence-electron chi connectivity index (χ1n) is 7.16. The van der Waals surface area contributed by atoms with Crippen LogP contribution in [0, 0.1) is 0 Å². The Morgan fingerprint density at radius 3 is 1.83 bits per heavy atom. The van der Waals surface area contributed by atoms with Crippen molar-refractivity contribution in [3.05, 3.63) is 0 Å². The molecule has 0 heterocycles. The summed E-state index contributed by atoms with van der Waals surface area (Å²) in [5.41, 5.74) is 0. The van der Waals surface area contributed by atoms with Crippen LogP contribution in [0.25, 0.3) is 0 Å². The second-order valence-corrected chi connectivity index (χ2v) is 4.75. The Labute approximate surface area is 116 Å². The van der Waals surface area contributed by atoms with E-state index in [2.05, 4.69) is 11.7 Å². The van der Waals surface area contributed by atoms with Crippen molar-refractivity contribution in [1.29, 1.82) is 0 Å². The molecule has 0 aliphatic rings. The second kappa shape index (κ2) is 14.6. The van der Waals surface area contributed by atoms with Crippen LogP contribution in [-0.2, 0) is 9.47 Å². The van der Waals surface area contributed by atoms with Crippen molar-refractivity contribution in [3.8, 4) is 0 Å². The van der Waals surface area contributed by atoms with Gasteiger partial charge in [-0.15, -0.1) is 0 Å². The average Bonchev–Trinajstić information content (AvgIpc) is 2.36. The maximum Gasteiger partial charge on any atom is 0.509 e. The van der Waals surface area contributed by atoms with Crippen molar-refractivity contribution in [3.63, 3.8) is 0 Å². The highest BCUT2D eigenvalue weighted by atomic mass is 35.5. The van der Waals surface area contributed by atoms with Gasteiger partial charge in [0.15, 0.2) is 6.07 Å². The summed E-state index contributed by atoms with van der Waals surface area (Å²) < 4.78 is 9.25. The quantitative estimate of drug-likeness (QED) is 0.278. The summed E-state index contributed by atoms with van der Waals surface area (Å²) in [6, 6.07) is -0.142. The Balaban J connectivity index is 3.01. The molecule has 0 unspecified atom stereocenters. The van der Waals surface area contributed by atoms with Crippen molar-refractivity contribution >= 4 is 17.8 Å². The van der Waals surface area contributed by atoms with Crippen LogP contribution >= 0.6 is 11.6 Å². The number of rotatable bonds is 12. The molecule has 0 radical (unpaired) electrons. The summed E-state index contributed by atoms with van der Waals surface area (Å²) in [6.45, 7) is 2.68. The van der Waals surface area contributed by atoms with E-state index in [1.807, 2.05) is 0 Å². The molecule has 3 nitrogen and oxygen atoms in total. The summed E-state index contributed by atoms with van der Waals surface area (Å²) in [4.78, 5) is 10.8. The molecular weight excluding hydrogens is 252 g/mol. The van der Waals surface area contributed by atoms with E-state index in [0.29, 0.717) is 6.61 Å². The molecule has 0 saturated heterocycles. The number of ether oxygens (including phenoxy) is 2. The van der Waals surface area contributed by atoms with Crippen LogP contribution in [0.4, 0.5) is 4.79 Å². The molecule has 0 aromatic rings. The predicted octanol–water partition coefficient (Wildman–Crippen LogP) is 5.26. The summed E-state index contributed by atoms with van der Waals surface area (Å²) in [5, 5.41) is 0. The van der Waals surface area contributed by atoms with Gasteiger partial charge in [0.25, 0.3) is 0 Å². The fourth-order valence-corrected chi connectivity index (χ4v) is 1.92. The third-order valence-corrected chi connectivity index (χ3v) is 3.00. The molecule has 0 rings (SSSR count). The number of carbonyl (C=O) groups excluding carboxylic acids is 1. The molecule has 18 heavy (non-hydrogen) atoms. The minimum Gasteiger partial charge on any atom is -0.434 e. The standard InChI is InChI=1S/C14H27ClO3/c1-2-3-4-5-6-7-8-9-10-11-12-17-14(16)18-13-15/h2-13H2,1H3. The second-order valence-electron chi connectivity index (χ2n) is 4.53. The molecule has 0 aromatic carbocycles. The van der Waals surface area contributed by atoms with E-state index in [4.69, 9.17) is 16.3 Å². The third kappa shape index (κ3) is 13.6.